The molecular weight excluding hydrogens is 372 g/mol. The van der Waals surface area contributed by atoms with Gasteiger partial charge in [-0.3, -0.25) is 9.59 Å². The average molecular weight is 396 g/mol. The topological polar surface area (TPSA) is 106 Å². The summed E-state index contributed by atoms with van der Waals surface area (Å²) in [5, 5.41) is 10.3. The molecule has 152 valence electrons. The first-order valence-electron chi connectivity index (χ1n) is 9.77. The highest BCUT2D eigenvalue weighted by atomic mass is 16.6. The zero-order chi connectivity index (χ0) is 20.4. The second kappa shape index (κ2) is 8.02. The second-order valence-corrected chi connectivity index (χ2v) is 7.42. The van der Waals surface area contributed by atoms with E-state index in [2.05, 4.69) is 25.2 Å². The number of para-hydroxylation sites is 2. The van der Waals surface area contributed by atoms with Crippen LogP contribution in [-0.2, 0) is 29.6 Å². The number of nitrogens with zero attached hydrogens (tertiary/aromatic N) is 5. The fraction of sp³-hybridized carbons (Fsp3) is 0.450. The monoisotopic (exact) mass is 396 g/mol. The maximum absolute atomic E-state index is 12.6. The van der Waals surface area contributed by atoms with Gasteiger partial charge in [0.2, 0.25) is 11.8 Å². The molecule has 3 heterocycles. The van der Waals surface area contributed by atoms with Crippen molar-refractivity contribution in [1.29, 1.82) is 0 Å². The van der Waals surface area contributed by atoms with Crippen LogP contribution in [0.15, 0.2) is 28.9 Å². The lowest BCUT2D eigenvalue weighted by molar-refractivity contribution is -0.130. The molecule has 2 amide bonds. The molecule has 0 radical (unpaired) electrons. The van der Waals surface area contributed by atoms with E-state index in [1.165, 1.54) is 0 Å². The smallest absolute Gasteiger partial charge is 0.225 e. The van der Waals surface area contributed by atoms with E-state index in [1.807, 2.05) is 35.9 Å². The van der Waals surface area contributed by atoms with Crippen LogP contribution in [0.5, 0.6) is 0 Å². The lowest BCUT2D eigenvalue weighted by atomic mass is 10.1. The number of hydrogen-bond donors (Lipinski definition) is 1. The summed E-state index contributed by atoms with van der Waals surface area (Å²) in [6.07, 6.45) is 1.63. The molecule has 1 N–H and O–H groups in total. The van der Waals surface area contributed by atoms with E-state index in [1.54, 1.807) is 11.8 Å². The van der Waals surface area contributed by atoms with Crippen molar-refractivity contribution in [3.8, 4) is 0 Å². The van der Waals surface area contributed by atoms with Crippen molar-refractivity contribution < 1.29 is 14.2 Å². The van der Waals surface area contributed by atoms with Gasteiger partial charge in [-0.15, -0.1) is 0 Å². The van der Waals surface area contributed by atoms with Crippen LogP contribution in [0, 0.1) is 12.8 Å². The molecule has 1 unspecified atom stereocenters. The van der Waals surface area contributed by atoms with Crippen molar-refractivity contribution in [1.82, 2.24) is 30.1 Å². The molecule has 9 heteroatoms. The summed E-state index contributed by atoms with van der Waals surface area (Å²) >= 11 is 0. The molecule has 4 rings (SSSR count). The maximum Gasteiger partial charge on any atom is 0.225 e. The number of aryl methyl sites for hydroxylation is 3. The Balaban J connectivity index is 1.28. The van der Waals surface area contributed by atoms with Crippen molar-refractivity contribution in [3.05, 3.63) is 41.5 Å². The Morgan fingerprint density at radius 3 is 2.86 bits per heavy atom. The van der Waals surface area contributed by atoms with Gasteiger partial charge in [-0.25, -0.2) is 9.61 Å². The van der Waals surface area contributed by atoms with E-state index in [0.29, 0.717) is 43.7 Å². The average Bonchev–Trinajstić information content (AvgIpc) is 3.44. The van der Waals surface area contributed by atoms with Crippen molar-refractivity contribution in [3.63, 3.8) is 0 Å². The largest absolute Gasteiger partial charge is 0.350 e. The molecule has 1 aromatic carbocycles. The molecule has 2 aromatic heterocycles. The van der Waals surface area contributed by atoms with Crippen LogP contribution in [0.2, 0.25) is 0 Å². The summed E-state index contributed by atoms with van der Waals surface area (Å²) < 4.78 is 6.66. The van der Waals surface area contributed by atoms with E-state index in [0.717, 1.165) is 16.9 Å². The predicted molar refractivity (Wildman–Crippen MR) is 105 cm³/mol. The number of carbonyl (C=O) groups is 2. The zero-order valence-corrected chi connectivity index (χ0v) is 16.6. The van der Waals surface area contributed by atoms with Crippen LogP contribution in [0.3, 0.4) is 0 Å². The summed E-state index contributed by atoms with van der Waals surface area (Å²) in [5.74, 6) is 0.682. The molecule has 0 bridgehead atoms. The van der Waals surface area contributed by atoms with Gasteiger partial charge in [0.15, 0.2) is 0 Å². The molecule has 1 aliphatic heterocycles. The molecule has 1 atom stereocenters. The van der Waals surface area contributed by atoms with Gasteiger partial charge in [0, 0.05) is 33.0 Å². The summed E-state index contributed by atoms with van der Waals surface area (Å²) in [7, 11) is 1.97. The van der Waals surface area contributed by atoms with Crippen molar-refractivity contribution in [2.45, 2.75) is 32.7 Å². The lowest BCUT2D eigenvalue weighted by Crippen LogP contribution is -2.34. The third kappa shape index (κ3) is 3.98. The molecular formula is C20H24N6O3. The fourth-order valence-corrected chi connectivity index (χ4v) is 3.72. The normalized spacial score (nSPS) is 16.5. The van der Waals surface area contributed by atoms with E-state index in [9.17, 15) is 9.59 Å². The van der Waals surface area contributed by atoms with E-state index in [4.69, 9.17) is 0 Å². The number of benzene rings is 1. The number of rotatable bonds is 6. The number of carbonyl (C=O) groups excluding carboxylic acids is 2. The van der Waals surface area contributed by atoms with E-state index < -0.39 is 0 Å². The van der Waals surface area contributed by atoms with Gasteiger partial charge in [-0.05, 0) is 25.5 Å². The van der Waals surface area contributed by atoms with Gasteiger partial charge < -0.3 is 14.8 Å². The highest BCUT2D eigenvalue weighted by Crippen LogP contribution is 2.19. The molecule has 9 nitrogen and oxygen atoms in total. The van der Waals surface area contributed by atoms with Gasteiger partial charge in [-0.1, -0.05) is 22.4 Å². The predicted octanol–water partition coefficient (Wildman–Crippen LogP) is 1.36. The van der Waals surface area contributed by atoms with Gasteiger partial charge in [-0.2, -0.15) is 0 Å². The molecule has 1 saturated heterocycles. The number of aromatic nitrogens is 4. The van der Waals surface area contributed by atoms with Crippen LogP contribution in [-0.4, -0.2) is 49.7 Å². The Hall–Kier alpha value is -3.23. The summed E-state index contributed by atoms with van der Waals surface area (Å²) in [4.78, 5) is 31.4. The van der Waals surface area contributed by atoms with Crippen molar-refractivity contribution >= 4 is 22.8 Å². The summed E-state index contributed by atoms with van der Waals surface area (Å²) in [6.45, 7) is 3.11. The quantitative estimate of drug-likeness (QED) is 0.674. The second-order valence-electron chi connectivity index (χ2n) is 7.42. The minimum Gasteiger partial charge on any atom is -0.350 e. The van der Waals surface area contributed by atoms with Gasteiger partial charge >= 0.3 is 0 Å². The number of hydrogen-bond acceptors (Lipinski definition) is 6. The number of likely N-dealkylation sites (tertiary alicyclic amines) is 1. The molecule has 3 aromatic rings. The maximum atomic E-state index is 12.6. The number of fused-ring (bicyclic) bond motifs is 1. The third-order valence-corrected chi connectivity index (χ3v) is 5.53. The molecule has 0 aliphatic carbocycles. The molecule has 29 heavy (non-hydrogen) atoms. The van der Waals surface area contributed by atoms with E-state index >= 15 is 0 Å². The zero-order valence-electron chi connectivity index (χ0n) is 16.6. The van der Waals surface area contributed by atoms with Crippen LogP contribution in [0.25, 0.3) is 11.0 Å². The Labute approximate surface area is 168 Å². The minimum atomic E-state index is -0.199. The molecule has 1 fully saturated rings. The van der Waals surface area contributed by atoms with Crippen LogP contribution in [0.4, 0.5) is 0 Å². The molecule has 1 aliphatic rings. The first-order chi connectivity index (χ1) is 14.0. The number of imidazole rings is 1. The Morgan fingerprint density at radius 2 is 2.10 bits per heavy atom. The SMILES string of the molecule is Cc1nonc1CNC(=O)C1CCN(C(=O)CCc2nc3ccccc3n2C)C1. The van der Waals surface area contributed by atoms with Crippen LogP contribution >= 0.6 is 0 Å². The van der Waals surface area contributed by atoms with Crippen LogP contribution < -0.4 is 5.32 Å². The van der Waals surface area contributed by atoms with Crippen molar-refractivity contribution in [2.75, 3.05) is 13.1 Å². The standard InChI is InChI=1S/C20H24N6O3/c1-13-16(24-29-23-13)11-21-20(28)14-9-10-26(12-14)19(27)8-7-18-22-15-5-3-4-6-17(15)25(18)2/h3-6,14H,7-12H2,1-2H3,(H,21,28). The summed E-state index contributed by atoms with van der Waals surface area (Å²) in [6, 6.07) is 7.93. The molecule has 0 saturated carbocycles. The van der Waals surface area contributed by atoms with Gasteiger partial charge in [0.1, 0.15) is 17.2 Å². The lowest BCUT2D eigenvalue weighted by Gasteiger charge is -2.16. The number of nitrogens with one attached hydrogen (secondary N) is 1. The van der Waals surface area contributed by atoms with Gasteiger partial charge in [0.25, 0.3) is 0 Å². The Kier molecular flexibility index (Phi) is 5.28. The number of amides is 2. The fourth-order valence-electron chi connectivity index (χ4n) is 3.72. The highest BCUT2D eigenvalue weighted by molar-refractivity contribution is 5.82. The molecule has 0 spiro atoms. The first-order valence-corrected chi connectivity index (χ1v) is 9.77. The first kappa shape index (κ1) is 19.1. The Bertz CT molecular complexity index is 1040. The Morgan fingerprint density at radius 1 is 1.28 bits per heavy atom. The highest BCUT2D eigenvalue weighted by Gasteiger charge is 2.31. The minimum absolute atomic E-state index is 0.0592. The third-order valence-electron chi connectivity index (χ3n) is 5.53. The van der Waals surface area contributed by atoms with Crippen LogP contribution in [0.1, 0.15) is 30.1 Å². The summed E-state index contributed by atoms with van der Waals surface area (Å²) in [5.41, 5.74) is 3.28. The van der Waals surface area contributed by atoms with Gasteiger partial charge in [0.05, 0.1) is 23.5 Å². The van der Waals surface area contributed by atoms with E-state index in [-0.39, 0.29) is 24.3 Å². The van der Waals surface area contributed by atoms with Crippen molar-refractivity contribution in [2.24, 2.45) is 13.0 Å².